The smallest absolute Gasteiger partial charge is 0.212 e. The second-order valence-electron chi connectivity index (χ2n) is 4.35. The molecular weight excluding hydrogens is 242 g/mol. The molecule has 2 aromatic rings. The Morgan fingerprint density at radius 1 is 1.26 bits per heavy atom. The van der Waals surface area contributed by atoms with Crippen molar-refractivity contribution in [3.63, 3.8) is 0 Å². The number of aliphatic hydroxyl groups excluding tert-OH is 1. The van der Waals surface area contributed by atoms with Crippen LogP contribution in [0.2, 0.25) is 0 Å². The van der Waals surface area contributed by atoms with Crippen molar-refractivity contribution in [1.29, 1.82) is 0 Å². The van der Waals surface area contributed by atoms with Crippen LogP contribution in [0.15, 0.2) is 36.8 Å². The zero-order valence-corrected chi connectivity index (χ0v) is 10.8. The van der Waals surface area contributed by atoms with E-state index in [9.17, 15) is 5.11 Å². The molecule has 0 aromatic carbocycles. The number of nitrogens with two attached hydrogens (primary N) is 1. The third-order valence-corrected chi connectivity index (χ3v) is 2.87. The fraction of sp³-hybridized carbons (Fsp3) is 0.286. The summed E-state index contributed by atoms with van der Waals surface area (Å²) < 4.78 is 4.99. The Morgan fingerprint density at radius 2 is 2.11 bits per heavy atom. The lowest BCUT2D eigenvalue weighted by Crippen LogP contribution is -2.15. The molecule has 3 N–H and O–H groups in total. The first-order valence-electron chi connectivity index (χ1n) is 6.04. The number of anilines is 1. The maximum Gasteiger partial charge on any atom is 0.212 e. The monoisotopic (exact) mass is 259 g/mol. The largest absolute Gasteiger partial charge is 0.481 e. The van der Waals surface area contributed by atoms with Crippen LogP contribution >= 0.6 is 0 Å². The summed E-state index contributed by atoms with van der Waals surface area (Å²) in [4.78, 5) is 8.11. The lowest BCUT2D eigenvalue weighted by Gasteiger charge is -2.12. The van der Waals surface area contributed by atoms with Gasteiger partial charge in [-0.3, -0.25) is 4.98 Å². The van der Waals surface area contributed by atoms with Gasteiger partial charge in [-0.25, -0.2) is 4.98 Å². The highest BCUT2D eigenvalue weighted by atomic mass is 16.5. The van der Waals surface area contributed by atoms with Crippen molar-refractivity contribution in [3.05, 3.63) is 47.9 Å². The summed E-state index contributed by atoms with van der Waals surface area (Å²) in [6.45, 7) is 0. The van der Waals surface area contributed by atoms with E-state index in [1.54, 1.807) is 37.8 Å². The number of pyridine rings is 2. The molecule has 1 unspecified atom stereocenters. The van der Waals surface area contributed by atoms with Gasteiger partial charge in [0.2, 0.25) is 5.88 Å². The van der Waals surface area contributed by atoms with Gasteiger partial charge in [-0.2, -0.15) is 0 Å². The molecular formula is C14H17N3O2. The summed E-state index contributed by atoms with van der Waals surface area (Å²) in [7, 11) is 1.57. The third kappa shape index (κ3) is 3.66. The van der Waals surface area contributed by atoms with Crippen molar-refractivity contribution in [2.24, 2.45) is 0 Å². The van der Waals surface area contributed by atoms with Crippen LogP contribution in [0.5, 0.6) is 5.88 Å². The van der Waals surface area contributed by atoms with Crippen LogP contribution in [0.3, 0.4) is 0 Å². The van der Waals surface area contributed by atoms with Gasteiger partial charge >= 0.3 is 0 Å². The summed E-state index contributed by atoms with van der Waals surface area (Å²) in [5, 5.41) is 10.1. The van der Waals surface area contributed by atoms with E-state index in [1.165, 1.54) is 0 Å². The topological polar surface area (TPSA) is 81.3 Å². The van der Waals surface area contributed by atoms with E-state index in [2.05, 4.69) is 9.97 Å². The van der Waals surface area contributed by atoms with Crippen molar-refractivity contribution < 1.29 is 9.84 Å². The molecule has 0 saturated heterocycles. The lowest BCUT2D eigenvalue weighted by atomic mass is 10.0. The Labute approximate surface area is 112 Å². The standard InChI is InChI=1S/C14H17N3O2/c1-19-14-3-2-10(8-17-14)6-12(18)7-11-9-16-5-4-13(11)15/h2-5,8-9,12,18H,6-7H2,1H3,(H2,15,16). The van der Waals surface area contributed by atoms with Crippen molar-refractivity contribution in [2.75, 3.05) is 12.8 Å². The fourth-order valence-electron chi connectivity index (χ4n) is 1.86. The molecule has 100 valence electrons. The third-order valence-electron chi connectivity index (χ3n) is 2.87. The Balaban J connectivity index is 1.97. The summed E-state index contributed by atoms with van der Waals surface area (Å²) in [6.07, 6.45) is 5.51. The summed E-state index contributed by atoms with van der Waals surface area (Å²) in [5.74, 6) is 0.565. The van der Waals surface area contributed by atoms with Crippen molar-refractivity contribution >= 4 is 5.69 Å². The molecule has 5 nitrogen and oxygen atoms in total. The van der Waals surface area contributed by atoms with Crippen LogP contribution in [0.1, 0.15) is 11.1 Å². The first-order chi connectivity index (χ1) is 9.19. The van der Waals surface area contributed by atoms with Gasteiger partial charge in [-0.15, -0.1) is 0 Å². The SMILES string of the molecule is COc1ccc(CC(O)Cc2cnccc2N)cn1. The molecule has 0 aliphatic carbocycles. The number of hydrogen-bond acceptors (Lipinski definition) is 5. The average molecular weight is 259 g/mol. The minimum atomic E-state index is -0.512. The Hall–Kier alpha value is -2.14. The zero-order valence-electron chi connectivity index (χ0n) is 10.8. The molecule has 0 saturated carbocycles. The molecule has 0 bridgehead atoms. The summed E-state index contributed by atoms with van der Waals surface area (Å²) in [6, 6.07) is 5.40. The second kappa shape index (κ2) is 6.15. The minimum Gasteiger partial charge on any atom is -0.481 e. The molecule has 2 rings (SSSR count). The first kappa shape index (κ1) is 13.3. The van der Waals surface area contributed by atoms with E-state index in [0.29, 0.717) is 24.4 Å². The zero-order chi connectivity index (χ0) is 13.7. The number of nitrogen functional groups attached to an aromatic ring is 1. The molecule has 2 heterocycles. The predicted octanol–water partition coefficient (Wildman–Crippen LogP) is 1.21. The number of aliphatic hydroxyl groups is 1. The number of aromatic nitrogens is 2. The molecule has 0 radical (unpaired) electrons. The van der Waals surface area contributed by atoms with E-state index in [1.807, 2.05) is 6.07 Å². The fourth-order valence-corrected chi connectivity index (χ4v) is 1.86. The molecule has 0 aliphatic heterocycles. The van der Waals surface area contributed by atoms with Gasteiger partial charge in [0.05, 0.1) is 13.2 Å². The summed E-state index contributed by atoms with van der Waals surface area (Å²) in [5.41, 5.74) is 8.29. The number of ether oxygens (including phenoxy) is 1. The second-order valence-corrected chi connectivity index (χ2v) is 4.35. The van der Waals surface area contributed by atoms with Gasteiger partial charge in [0.1, 0.15) is 0 Å². The quantitative estimate of drug-likeness (QED) is 0.843. The van der Waals surface area contributed by atoms with E-state index in [4.69, 9.17) is 10.5 Å². The summed E-state index contributed by atoms with van der Waals surface area (Å²) >= 11 is 0. The highest BCUT2D eigenvalue weighted by Gasteiger charge is 2.09. The van der Waals surface area contributed by atoms with Crippen LogP contribution < -0.4 is 10.5 Å². The van der Waals surface area contributed by atoms with Crippen molar-refractivity contribution in [3.8, 4) is 5.88 Å². The van der Waals surface area contributed by atoms with E-state index in [-0.39, 0.29) is 0 Å². The number of rotatable bonds is 5. The van der Waals surface area contributed by atoms with Gasteiger partial charge in [0.25, 0.3) is 0 Å². The molecule has 0 amide bonds. The predicted molar refractivity (Wildman–Crippen MR) is 72.9 cm³/mol. The molecule has 0 aliphatic rings. The van der Waals surface area contributed by atoms with Crippen molar-refractivity contribution in [2.45, 2.75) is 18.9 Å². The Morgan fingerprint density at radius 3 is 2.74 bits per heavy atom. The molecule has 0 fully saturated rings. The highest BCUT2D eigenvalue weighted by molar-refractivity contribution is 5.44. The average Bonchev–Trinajstić information content (AvgIpc) is 2.42. The van der Waals surface area contributed by atoms with Gasteiger partial charge in [-0.1, -0.05) is 6.07 Å². The van der Waals surface area contributed by atoms with Crippen LogP contribution in [0.25, 0.3) is 0 Å². The maximum atomic E-state index is 10.1. The molecule has 0 spiro atoms. The normalized spacial score (nSPS) is 12.1. The van der Waals surface area contributed by atoms with E-state index in [0.717, 1.165) is 11.1 Å². The molecule has 2 aromatic heterocycles. The Bertz CT molecular complexity index is 528. The molecule has 19 heavy (non-hydrogen) atoms. The van der Waals surface area contributed by atoms with Crippen molar-refractivity contribution in [1.82, 2.24) is 9.97 Å². The highest BCUT2D eigenvalue weighted by Crippen LogP contribution is 2.14. The number of nitrogens with zero attached hydrogens (tertiary/aromatic N) is 2. The lowest BCUT2D eigenvalue weighted by molar-refractivity contribution is 0.175. The van der Waals surface area contributed by atoms with Crippen LogP contribution in [0, 0.1) is 0 Å². The van der Waals surface area contributed by atoms with Crippen LogP contribution in [-0.2, 0) is 12.8 Å². The van der Waals surface area contributed by atoms with Gasteiger partial charge in [0, 0.05) is 43.2 Å². The molecule has 5 heteroatoms. The van der Waals surface area contributed by atoms with Gasteiger partial charge in [-0.05, 0) is 17.2 Å². The van der Waals surface area contributed by atoms with E-state index < -0.39 is 6.10 Å². The van der Waals surface area contributed by atoms with E-state index >= 15 is 0 Å². The van der Waals surface area contributed by atoms with Crippen LogP contribution in [0.4, 0.5) is 5.69 Å². The number of hydrogen-bond donors (Lipinski definition) is 2. The Kier molecular flexibility index (Phi) is 4.30. The minimum absolute atomic E-state index is 0.478. The first-order valence-corrected chi connectivity index (χ1v) is 6.04. The molecule has 1 atom stereocenters. The van der Waals surface area contributed by atoms with Gasteiger partial charge in [0.15, 0.2) is 0 Å². The van der Waals surface area contributed by atoms with Gasteiger partial charge < -0.3 is 15.6 Å². The maximum absolute atomic E-state index is 10.1. The van der Waals surface area contributed by atoms with Crippen LogP contribution in [-0.4, -0.2) is 28.3 Å². The number of methoxy groups -OCH3 is 1.